The lowest BCUT2D eigenvalue weighted by atomic mass is 9.88. The molecule has 3 heteroatoms. The van der Waals surface area contributed by atoms with Crippen LogP contribution in [0.3, 0.4) is 0 Å². The van der Waals surface area contributed by atoms with Crippen LogP contribution in [0.25, 0.3) is 0 Å². The zero-order chi connectivity index (χ0) is 15.3. The number of nitrogens with two attached hydrogens (primary N) is 1. The molecule has 1 rings (SSSR count). The molecule has 0 spiro atoms. The predicted octanol–water partition coefficient (Wildman–Crippen LogP) is 2.93. The van der Waals surface area contributed by atoms with Crippen molar-refractivity contribution in [2.24, 2.45) is 11.7 Å². The average Bonchev–Trinajstić information content (AvgIpc) is 2.46. The van der Waals surface area contributed by atoms with E-state index in [1.165, 1.54) is 5.56 Å². The summed E-state index contributed by atoms with van der Waals surface area (Å²) >= 11 is 0. The van der Waals surface area contributed by atoms with E-state index in [0.717, 1.165) is 12.2 Å². The van der Waals surface area contributed by atoms with Crippen LogP contribution in [0.15, 0.2) is 24.3 Å². The van der Waals surface area contributed by atoms with E-state index in [1.807, 2.05) is 12.1 Å². The third-order valence-corrected chi connectivity index (χ3v) is 4.61. The molecule has 0 saturated carbocycles. The SMILES string of the molecule is COc1ccc(CC(C)(CN)N(C)C(C)C(C)C)cc1. The van der Waals surface area contributed by atoms with Crippen LogP contribution in [-0.2, 0) is 6.42 Å². The van der Waals surface area contributed by atoms with E-state index < -0.39 is 0 Å². The van der Waals surface area contributed by atoms with Gasteiger partial charge in [-0.15, -0.1) is 0 Å². The number of hydrogen-bond donors (Lipinski definition) is 1. The topological polar surface area (TPSA) is 38.5 Å². The fraction of sp³-hybridized carbons (Fsp3) is 0.647. The van der Waals surface area contributed by atoms with Crippen molar-refractivity contribution in [2.75, 3.05) is 20.7 Å². The molecule has 0 amide bonds. The lowest BCUT2D eigenvalue weighted by Gasteiger charge is -2.43. The molecule has 0 aliphatic heterocycles. The van der Waals surface area contributed by atoms with E-state index in [4.69, 9.17) is 10.5 Å². The fourth-order valence-corrected chi connectivity index (χ4v) is 2.46. The van der Waals surface area contributed by atoms with Crippen molar-refractivity contribution >= 4 is 0 Å². The summed E-state index contributed by atoms with van der Waals surface area (Å²) in [4.78, 5) is 2.42. The first-order valence-corrected chi connectivity index (χ1v) is 7.40. The molecule has 20 heavy (non-hydrogen) atoms. The highest BCUT2D eigenvalue weighted by Crippen LogP contribution is 2.24. The van der Waals surface area contributed by atoms with Gasteiger partial charge in [0.05, 0.1) is 7.11 Å². The first kappa shape index (κ1) is 17.0. The maximum Gasteiger partial charge on any atom is 0.118 e. The molecule has 0 aromatic heterocycles. The van der Waals surface area contributed by atoms with Gasteiger partial charge < -0.3 is 10.5 Å². The Kier molecular flexibility index (Phi) is 6.03. The van der Waals surface area contributed by atoms with Gasteiger partial charge in [-0.25, -0.2) is 0 Å². The lowest BCUT2D eigenvalue weighted by Crippen LogP contribution is -2.55. The Hall–Kier alpha value is -1.06. The van der Waals surface area contributed by atoms with Gasteiger partial charge in [0.1, 0.15) is 5.75 Å². The van der Waals surface area contributed by atoms with Crippen molar-refractivity contribution in [3.63, 3.8) is 0 Å². The molecular weight excluding hydrogens is 248 g/mol. The van der Waals surface area contributed by atoms with Crippen molar-refractivity contribution < 1.29 is 4.74 Å². The molecule has 0 fully saturated rings. The average molecular weight is 278 g/mol. The maximum atomic E-state index is 6.08. The number of benzene rings is 1. The zero-order valence-corrected chi connectivity index (χ0v) is 13.8. The van der Waals surface area contributed by atoms with Gasteiger partial charge in [0.2, 0.25) is 0 Å². The Morgan fingerprint density at radius 3 is 2.15 bits per heavy atom. The van der Waals surface area contributed by atoms with Crippen molar-refractivity contribution in [2.45, 2.75) is 45.7 Å². The van der Waals surface area contributed by atoms with Crippen LogP contribution >= 0.6 is 0 Å². The van der Waals surface area contributed by atoms with Crippen LogP contribution in [-0.4, -0.2) is 37.2 Å². The standard InChI is InChI=1S/C17H30N2O/c1-13(2)14(3)19(5)17(4,12-18)11-15-7-9-16(20-6)10-8-15/h7-10,13-14H,11-12,18H2,1-6H3. The molecule has 2 N–H and O–H groups in total. The van der Waals surface area contributed by atoms with Crippen LogP contribution in [0.5, 0.6) is 5.75 Å². The molecule has 0 aliphatic rings. The van der Waals surface area contributed by atoms with E-state index in [9.17, 15) is 0 Å². The summed E-state index contributed by atoms with van der Waals surface area (Å²) in [5.41, 5.74) is 7.35. The third kappa shape index (κ3) is 3.97. The van der Waals surface area contributed by atoms with Gasteiger partial charge in [0, 0.05) is 18.1 Å². The summed E-state index contributed by atoms with van der Waals surface area (Å²) in [6, 6.07) is 8.78. The molecule has 3 nitrogen and oxygen atoms in total. The summed E-state index contributed by atoms with van der Waals surface area (Å²) in [5.74, 6) is 1.51. The van der Waals surface area contributed by atoms with E-state index in [0.29, 0.717) is 18.5 Å². The number of rotatable bonds is 7. The highest BCUT2D eigenvalue weighted by Gasteiger charge is 2.32. The third-order valence-electron chi connectivity index (χ3n) is 4.61. The highest BCUT2D eigenvalue weighted by molar-refractivity contribution is 5.28. The Balaban J connectivity index is 2.87. The maximum absolute atomic E-state index is 6.08. The van der Waals surface area contributed by atoms with E-state index in [2.05, 4.69) is 51.8 Å². The van der Waals surface area contributed by atoms with E-state index in [1.54, 1.807) is 7.11 Å². The molecule has 0 radical (unpaired) electrons. The smallest absolute Gasteiger partial charge is 0.118 e. The number of hydrogen-bond acceptors (Lipinski definition) is 3. The highest BCUT2D eigenvalue weighted by atomic mass is 16.5. The minimum atomic E-state index is -0.0295. The summed E-state index contributed by atoms with van der Waals surface area (Å²) in [7, 11) is 3.87. The van der Waals surface area contributed by atoms with Gasteiger partial charge in [0.25, 0.3) is 0 Å². The van der Waals surface area contributed by atoms with Gasteiger partial charge >= 0.3 is 0 Å². The quantitative estimate of drug-likeness (QED) is 0.833. The number of methoxy groups -OCH3 is 1. The monoisotopic (exact) mass is 278 g/mol. The van der Waals surface area contributed by atoms with E-state index in [-0.39, 0.29) is 5.54 Å². The van der Waals surface area contributed by atoms with Crippen LogP contribution in [0.1, 0.15) is 33.3 Å². The molecule has 114 valence electrons. The molecule has 2 unspecified atom stereocenters. The van der Waals surface area contributed by atoms with Crippen molar-refractivity contribution in [1.82, 2.24) is 4.90 Å². The molecular formula is C17H30N2O. The van der Waals surface area contributed by atoms with Crippen molar-refractivity contribution in [3.8, 4) is 5.75 Å². The molecule has 0 bridgehead atoms. The van der Waals surface area contributed by atoms with Crippen molar-refractivity contribution in [3.05, 3.63) is 29.8 Å². The van der Waals surface area contributed by atoms with Gasteiger partial charge in [-0.2, -0.15) is 0 Å². The summed E-state index contributed by atoms with van der Waals surface area (Å²) in [6.07, 6.45) is 0.945. The summed E-state index contributed by atoms with van der Waals surface area (Å²) in [6.45, 7) is 9.67. The molecule has 1 aromatic rings. The van der Waals surface area contributed by atoms with Gasteiger partial charge in [-0.05, 0) is 50.9 Å². The first-order valence-electron chi connectivity index (χ1n) is 7.40. The molecule has 0 heterocycles. The molecule has 1 aromatic carbocycles. The minimum Gasteiger partial charge on any atom is -0.497 e. The Morgan fingerprint density at radius 1 is 1.20 bits per heavy atom. The lowest BCUT2D eigenvalue weighted by molar-refractivity contribution is 0.0767. The molecule has 0 aliphatic carbocycles. The molecule has 0 saturated heterocycles. The first-order chi connectivity index (χ1) is 9.34. The van der Waals surface area contributed by atoms with Crippen LogP contribution < -0.4 is 10.5 Å². The van der Waals surface area contributed by atoms with Crippen LogP contribution in [0.2, 0.25) is 0 Å². The predicted molar refractivity (Wildman–Crippen MR) is 86.2 cm³/mol. The zero-order valence-electron chi connectivity index (χ0n) is 13.8. The number of ether oxygens (including phenoxy) is 1. The molecule has 2 atom stereocenters. The van der Waals surface area contributed by atoms with Crippen LogP contribution in [0.4, 0.5) is 0 Å². The second-order valence-electron chi connectivity index (χ2n) is 6.32. The largest absolute Gasteiger partial charge is 0.497 e. The Bertz CT molecular complexity index is 402. The minimum absolute atomic E-state index is 0.0295. The van der Waals surface area contributed by atoms with Gasteiger partial charge in [0.15, 0.2) is 0 Å². The number of likely N-dealkylation sites (N-methyl/N-ethyl adjacent to an activating group) is 1. The fourth-order valence-electron chi connectivity index (χ4n) is 2.46. The summed E-state index contributed by atoms with van der Waals surface area (Å²) in [5, 5.41) is 0. The Labute approximate surface area is 124 Å². The normalized spacial score (nSPS) is 16.2. The summed E-state index contributed by atoms with van der Waals surface area (Å²) < 4.78 is 5.21. The number of nitrogens with zero attached hydrogens (tertiary/aromatic N) is 1. The Morgan fingerprint density at radius 2 is 1.75 bits per heavy atom. The van der Waals surface area contributed by atoms with Crippen LogP contribution in [0, 0.1) is 5.92 Å². The second-order valence-corrected chi connectivity index (χ2v) is 6.32. The van der Waals surface area contributed by atoms with Gasteiger partial charge in [-0.3, -0.25) is 4.90 Å². The van der Waals surface area contributed by atoms with Crippen molar-refractivity contribution in [1.29, 1.82) is 0 Å². The second kappa shape index (κ2) is 7.09. The van der Waals surface area contributed by atoms with E-state index >= 15 is 0 Å². The van der Waals surface area contributed by atoms with Gasteiger partial charge in [-0.1, -0.05) is 26.0 Å².